The number of hydrazine groups is 1. The lowest BCUT2D eigenvalue weighted by Crippen LogP contribution is -2.47. The molecular formula is C28H32F3N3O5. The molecule has 2 amide bonds. The van der Waals surface area contributed by atoms with Crippen molar-refractivity contribution >= 4 is 29.7 Å². The monoisotopic (exact) mass is 547 g/mol. The van der Waals surface area contributed by atoms with Crippen molar-refractivity contribution in [3.05, 3.63) is 71.8 Å². The fourth-order valence-corrected chi connectivity index (χ4v) is 4.25. The third-order valence-electron chi connectivity index (χ3n) is 6.04. The summed E-state index contributed by atoms with van der Waals surface area (Å²) in [5.41, 5.74) is 3.44. The SMILES string of the molecule is CC(C)(C)OC(=O)NN(C(=O)C=Cc1ccc(C2CN(CCC(F)(F)F)CC2C(=O)O)cc1)c1ccccc1. The second-order valence-electron chi connectivity index (χ2n) is 10.3. The number of hydrogen-bond acceptors (Lipinski definition) is 5. The Morgan fingerprint density at radius 3 is 2.26 bits per heavy atom. The largest absolute Gasteiger partial charge is 0.481 e. The van der Waals surface area contributed by atoms with Crippen LogP contribution in [-0.2, 0) is 14.3 Å². The van der Waals surface area contributed by atoms with Crippen LogP contribution in [0.5, 0.6) is 0 Å². The van der Waals surface area contributed by atoms with Crippen LogP contribution in [0.2, 0.25) is 0 Å². The number of para-hydroxylation sites is 1. The van der Waals surface area contributed by atoms with Crippen molar-refractivity contribution in [2.75, 3.05) is 24.6 Å². The highest BCUT2D eigenvalue weighted by molar-refractivity contribution is 6.04. The number of nitrogens with zero attached hydrogens (tertiary/aromatic N) is 2. The van der Waals surface area contributed by atoms with E-state index in [0.717, 1.165) is 5.01 Å². The van der Waals surface area contributed by atoms with Gasteiger partial charge in [-0.25, -0.2) is 15.2 Å². The first kappa shape index (κ1) is 29.7. The summed E-state index contributed by atoms with van der Waals surface area (Å²) in [5, 5.41) is 10.7. The molecule has 2 aromatic rings. The van der Waals surface area contributed by atoms with Crippen molar-refractivity contribution in [1.29, 1.82) is 0 Å². The summed E-state index contributed by atoms with van der Waals surface area (Å²) >= 11 is 0. The van der Waals surface area contributed by atoms with Crippen LogP contribution in [0.3, 0.4) is 0 Å². The molecule has 2 unspecified atom stereocenters. The molecule has 11 heteroatoms. The van der Waals surface area contributed by atoms with Crippen LogP contribution >= 0.6 is 0 Å². The molecule has 2 atom stereocenters. The zero-order valence-electron chi connectivity index (χ0n) is 21.9. The van der Waals surface area contributed by atoms with E-state index in [1.54, 1.807) is 75.4 Å². The molecule has 2 N–H and O–H groups in total. The zero-order chi connectivity index (χ0) is 28.8. The molecule has 210 valence electrons. The van der Waals surface area contributed by atoms with Gasteiger partial charge >= 0.3 is 18.2 Å². The molecule has 1 fully saturated rings. The molecule has 0 spiro atoms. The summed E-state index contributed by atoms with van der Waals surface area (Å²) < 4.78 is 43.1. The van der Waals surface area contributed by atoms with E-state index in [1.807, 2.05) is 0 Å². The first-order valence-electron chi connectivity index (χ1n) is 12.4. The van der Waals surface area contributed by atoms with E-state index in [4.69, 9.17) is 4.74 Å². The van der Waals surface area contributed by atoms with E-state index >= 15 is 0 Å². The van der Waals surface area contributed by atoms with Gasteiger partial charge in [-0.15, -0.1) is 0 Å². The number of carboxylic acids is 1. The molecule has 0 aliphatic carbocycles. The highest BCUT2D eigenvalue weighted by Crippen LogP contribution is 2.34. The summed E-state index contributed by atoms with van der Waals surface area (Å²) in [7, 11) is 0. The molecule has 8 nitrogen and oxygen atoms in total. The number of carbonyl (C=O) groups excluding carboxylic acids is 2. The topological polar surface area (TPSA) is 99.2 Å². The zero-order valence-corrected chi connectivity index (χ0v) is 21.9. The fraction of sp³-hybridized carbons (Fsp3) is 0.393. The molecular weight excluding hydrogens is 515 g/mol. The number of anilines is 1. The van der Waals surface area contributed by atoms with E-state index in [1.165, 1.54) is 17.1 Å². The number of hydrogen-bond donors (Lipinski definition) is 2. The second-order valence-corrected chi connectivity index (χ2v) is 10.3. The van der Waals surface area contributed by atoms with E-state index in [0.29, 0.717) is 16.8 Å². The van der Waals surface area contributed by atoms with Crippen LogP contribution in [-0.4, -0.2) is 59.4 Å². The Labute approximate surface area is 225 Å². The quantitative estimate of drug-likeness (QED) is 0.364. The third kappa shape index (κ3) is 9.13. The van der Waals surface area contributed by atoms with Crippen LogP contribution in [0, 0.1) is 5.92 Å². The number of benzene rings is 2. The molecule has 3 rings (SSSR count). The average molecular weight is 548 g/mol. The van der Waals surface area contributed by atoms with Crippen LogP contribution in [0.25, 0.3) is 6.08 Å². The average Bonchev–Trinajstić information content (AvgIpc) is 3.29. The Bertz CT molecular complexity index is 1180. The first-order chi connectivity index (χ1) is 18.2. The van der Waals surface area contributed by atoms with Crippen molar-refractivity contribution in [1.82, 2.24) is 10.3 Å². The Hall–Kier alpha value is -3.86. The predicted octanol–water partition coefficient (Wildman–Crippen LogP) is 5.23. The molecule has 1 aliphatic rings. The molecule has 39 heavy (non-hydrogen) atoms. The van der Waals surface area contributed by atoms with E-state index in [2.05, 4.69) is 5.43 Å². The Kier molecular flexibility index (Phi) is 9.39. The van der Waals surface area contributed by atoms with Gasteiger partial charge in [-0.2, -0.15) is 13.2 Å². The molecule has 0 saturated carbocycles. The van der Waals surface area contributed by atoms with Gasteiger partial charge < -0.3 is 14.7 Å². The molecule has 1 aliphatic heterocycles. The maximum absolute atomic E-state index is 13.0. The van der Waals surface area contributed by atoms with Gasteiger partial charge in [0.15, 0.2) is 0 Å². The number of rotatable bonds is 7. The fourth-order valence-electron chi connectivity index (χ4n) is 4.25. The normalized spacial score (nSPS) is 18.2. The van der Waals surface area contributed by atoms with Crippen molar-refractivity contribution < 1.29 is 37.4 Å². The number of alkyl halides is 3. The van der Waals surface area contributed by atoms with Gasteiger partial charge in [0, 0.05) is 31.6 Å². The van der Waals surface area contributed by atoms with Gasteiger partial charge in [0.2, 0.25) is 0 Å². The van der Waals surface area contributed by atoms with E-state index < -0.39 is 48.0 Å². The third-order valence-corrected chi connectivity index (χ3v) is 6.04. The van der Waals surface area contributed by atoms with Crippen molar-refractivity contribution in [3.8, 4) is 0 Å². The summed E-state index contributed by atoms with van der Waals surface area (Å²) in [4.78, 5) is 38.6. The Balaban J connectivity index is 1.71. The minimum absolute atomic E-state index is 0.0478. The summed E-state index contributed by atoms with van der Waals surface area (Å²) in [6.07, 6.45) is -3.29. The Morgan fingerprint density at radius 1 is 1.05 bits per heavy atom. The highest BCUT2D eigenvalue weighted by atomic mass is 19.4. The first-order valence-corrected chi connectivity index (χ1v) is 12.4. The smallest absolute Gasteiger partial charge is 0.427 e. The molecule has 0 radical (unpaired) electrons. The van der Waals surface area contributed by atoms with E-state index in [9.17, 15) is 32.7 Å². The maximum Gasteiger partial charge on any atom is 0.427 e. The van der Waals surface area contributed by atoms with Crippen LogP contribution in [0.1, 0.15) is 44.2 Å². The molecule has 2 aromatic carbocycles. The van der Waals surface area contributed by atoms with Gasteiger partial charge in [0.1, 0.15) is 5.60 Å². The molecule has 0 bridgehead atoms. The number of halogens is 3. The standard InChI is InChI=1S/C28H32F3N3O5/c1-27(2,3)39-26(38)32-34(21-7-5-4-6-8-21)24(35)14-11-19-9-12-20(13-10-19)22-17-33(16-15-28(29,30)31)18-23(22)25(36)37/h4-14,22-23H,15-18H2,1-3H3,(H,32,38)(H,36,37). The van der Waals surface area contributed by atoms with Gasteiger partial charge in [-0.1, -0.05) is 42.5 Å². The van der Waals surface area contributed by atoms with Gasteiger partial charge in [-0.3, -0.25) is 9.59 Å². The highest BCUT2D eigenvalue weighted by Gasteiger charge is 2.39. The van der Waals surface area contributed by atoms with Crippen molar-refractivity contribution in [2.45, 2.75) is 44.9 Å². The lowest BCUT2D eigenvalue weighted by Gasteiger charge is -2.25. The lowest BCUT2D eigenvalue weighted by atomic mass is 9.88. The molecule has 1 saturated heterocycles. The summed E-state index contributed by atoms with van der Waals surface area (Å²) in [6.45, 7) is 5.12. The summed E-state index contributed by atoms with van der Waals surface area (Å²) in [6, 6.07) is 15.3. The van der Waals surface area contributed by atoms with Gasteiger partial charge in [0.05, 0.1) is 18.0 Å². The number of aliphatic carboxylic acids is 1. The van der Waals surface area contributed by atoms with Crippen molar-refractivity contribution in [3.63, 3.8) is 0 Å². The maximum atomic E-state index is 13.0. The number of amides is 2. The molecule has 1 heterocycles. The number of carbonyl (C=O) groups is 3. The van der Waals surface area contributed by atoms with Crippen LogP contribution < -0.4 is 10.4 Å². The van der Waals surface area contributed by atoms with Crippen molar-refractivity contribution in [2.24, 2.45) is 5.92 Å². The predicted molar refractivity (Wildman–Crippen MR) is 140 cm³/mol. The number of carboxylic acid groups (broad SMARTS) is 1. The Morgan fingerprint density at radius 2 is 1.69 bits per heavy atom. The van der Waals surface area contributed by atoms with E-state index in [-0.39, 0.29) is 19.6 Å². The van der Waals surface area contributed by atoms with Gasteiger partial charge in [-0.05, 0) is 50.1 Å². The summed E-state index contributed by atoms with van der Waals surface area (Å²) in [5.74, 6) is -2.87. The number of ether oxygens (including phenoxy) is 1. The second kappa shape index (κ2) is 12.3. The number of nitrogens with one attached hydrogen (secondary N) is 1. The number of likely N-dealkylation sites (tertiary alicyclic amines) is 1. The van der Waals surface area contributed by atoms with Crippen LogP contribution in [0.15, 0.2) is 60.7 Å². The minimum atomic E-state index is -4.30. The minimum Gasteiger partial charge on any atom is -0.481 e. The lowest BCUT2D eigenvalue weighted by molar-refractivity contribution is -0.142. The van der Waals surface area contributed by atoms with Gasteiger partial charge in [0.25, 0.3) is 5.91 Å². The molecule has 0 aromatic heterocycles. The van der Waals surface area contributed by atoms with Crippen LogP contribution in [0.4, 0.5) is 23.7 Å².